The number of aryl methyl sites for hydroxylation is 2. The van der Waals surface area contributed by atoms with Gasteiger partial charge in [-0.2, -0.15) is 5.10 Å². The zero-order chi connectivity index (χ0) is 19.6. The van der Waals surface area contributed by atoms with Crippen LogP contribution in [0.5, 0.6) is 0 Å². The monoisotopic (exact) mass is 372 g/mol. The summed E-state index contributed by atoms with van der Waals surface area (Å²) in [4.78, 5) is 30.6. The van der Waals surface area contributed by atoms with Crippen LogP contribution in [0.25, 0.3) is 5.82 Å². The Morgan fingerprint density at radius 3 is 2.67 bits per heavy atom. The number of pyridine rings is 1. The van der Waals surface area contributed by atoms with Crippen molar-refractivity contribution in [3.63, 3.8) is 0 Å². The van der Waals surface area contributed by atoms with E-state index in [1.54, 1.807) is 21.7 Å². The molecular formula is C19H24N4O4. The molecule has 1 aliphatic rings. The Hall–Kier alpha value is -2.74. The molecule has 3 heterocycles. The first kappa shape index (κ1) is 19.0. The van der Waals surface area contributed by atoms with E-state index in [1.165, 1.54) is 13.3 Å². The Labute approximate surface area is 157 Å². The number of aromatic nitrogens is 3. The fraction of sp³-hybridized carbons (Fsp3) is 0.474. The number of amides is 1. The van der Waals surface area contributed by atoms with Gasteiger partial charge in [-0.3, -0.25) is 9.59 Å². The normalized spacial score (nSPS) is 19.9. The average molecular weight is 372 g/mol. The summed E-state index contributed by atoms with van der Waals surface area (Å²) in [6, 6.07) is 5.40. The van der Waals surface area contributed by atoms with Crippen LogP contribution in [0.15, 0.2) is 24.4 Å². The third-order valence-corrected chi connectivity index (χ3v) is 4.96. The number of methoxy groups -OCH3 is 1. The maximum Gasteiger partial charge on any atom is 0.313 e. The van der Waals surface area contributed by atoms with Gasteiger partial charge in [0.1, 0.15) is 5.41 Å². The van der Waals surface area contributed by atoms with Crippen molar-refractivity contribution in [2.75, 3.05) is 26.8 Å². The van der Waals surface area contributed by atoms with Crippen LogP contribution in [0.3, 0.4) is 0 Å². The van der Waals surface area contributed by atoms with Gasteiger partial charge in [0.05, 0.1) is 17.9 Å². The minimum Gasteiger partial charge on any atom is -0.481 e. The first-order valence-electron chi connectivity index (χ1n) is 8.87. The maximum absolute atomic E-state index is 12.9. The average Bonchev–Trinajstić information content (AvgIpc) is 3.00. The van der Waals surface area contributed by atoms with E-state index in [2.05, 4.69) is 10.1 Å². The number of hydrogen-bond donors (Lipinski definition) is 1. The van der Waals surface area contributed by atoms with E-state index in [0.29, 0.717) is 30.8 Å². The van der Waals surface area contributed by atoms with Crippen molar-refractivity contribution in [3.8, 4) is 5.82 Å². The van der Waals surface area contributed by atoms with Crippen LogP contribution in [-0.2, 0) is 9.53 Å². The van der Waals surface area contributed by atoms with E-state index >= 15 is 0 Å². The Morgan fingerprint density at radius 1 is 1.33 bits per heavy atom. The summed E-state index contributed by atoms with van der Waals surface area (Å²) < 4.78 is 6.84. The van der Waals surface area contributed by atoms with Gasteiger partial charge in [-0.05, 0) is 44.9 Å². The SMILES string of the molecule is COCC1(C(=O)O)CCCN(C(=O)c2ccc(-n3nc(C)cc3C)nc2)C1. The quantitative estimate of drug-likeness (QED) is 0.860. The number of carbonyl (C=O) groups is 2. The van der Waals surface area contributed by atoms with E-state index in [-0.39, 0.29) is 19.1 Å². The van der Waals surface area contributed by atoms with Crippen LogP contribution in [-0.4, -0.2) is 63.5 Å². The van der Waals surface area contributed by atoms with Gasteiger partial charge in [-0.25, -0.2) is 9.67 Å². The largest absolute Gasteiger partial charge is 0.481 e. The highest BCUT2D eigenvalue weighted by atomic mass is 16.5. The lowest BCUT2D eigenvalue weighted by molar-refractivity contribution is -0.155. The number of carboxylic acids is 1. The molecule has 1 saturated heterocycles. The standard InChI is InChI=1S/C19H24N4O4/c1-13-9-14(2)23(21-13)16-6-5-15(10-20-16)17(24)22-8-4-7-19(11-22,12-27-3)18(25)26/h5-6,9-10H,4,7-8,11-12H2,1-3H3,(H,25,26). The molecule has 2 aromatic rings. The highest BCUT2D eigenvalue weighted by Gasteiger charge is 2.44. The predicted molar refractivity (Wildman–Crippen MR) is 97.9 cm³/mol. The van der Waals surface area contributed by atoms with Crippen LogP contribution < -0.4 is 0 Å². The predicted octanol–water partition coefficient (Wildman–Crippen LogP) is 1.84. The van der Waals surface area contributed by atoms with E-state index in [4.69, 9.17) is 4.74 Å². The van der Waals surface area contributed by atoms with Gasteiger partial charge in [0.25, 0.3) is 5.91 Å². The summed E-state index contributed by atoms with van der Waals surface area (Å²) >= 11 is 0. The number of aliphatic carboxylic acids is 1. The number of carboxylic acid groups (broad SMARTS) is 1. The highest BCUT2D eigenvalue weighted by Crippen LogP contribution is 2.31. The van der Waals surface area contributed by atoms with Gasteiger partial charge in [0.15, 0.2) is 5.82 Å². The minimum atomic E-state index is -1.06. The molecule has 0 radical (unpaired) electrons. The van der Waals surface area contributed by atoms with Gasteiger partial charge < -0.3 is 14.7 Å². The molecule has 1 unspecified atom stereocenters. The zero-order valence-corrected chi connectivity index (χ0v) is 15.8. The molecule has 0 aliphatic carbocycles. The Kier molecular flexibility index (Phi) is 5.27. The number of nitrogens with zero attached hydrogens (tertiary/aromatic N) is 4. The Balaban J connectivity index is 1.79. The van der Waals surface area contributed by atoms with Crippen molar-refractivity contribution in [1.29, 1.82) is 0 Å². The van der Waals surface area contributed by atoms with E-state index in [9.17, 15) is 14.7 Å². The topological polar surface area (TPSA) is 97.6 Å². The summed E-state index contributed by atoms with van der Waals surface area (Å²) in [6.07, 6.45) is 2.63. The molecule has 3 rings (SSSR count). The molecule has 1 aliphatic heterocycles. The van der Waals surface area contributed by atoms with Crippen LogP contribution in [0.2, 0.25) is 0 Å². The van der Waals surface area contributed by atoms with Gasteiger partial charge >= 0.3 is 5.97 Å². The molecule has 0 saturated carbocycles. The third kappa shape index (κ3) is 3.71. The first-order valence-corrected chi connectivity index (χ1v) is 8.87. The Morgan fingerprint density at radius 2 is 2.11 bits per heavy atom. The van der Waals surface area contributed by atoms with Crippen LogP contribution in [0.4, 0.5) is 0 Å². The van der Waals surface area contributed by atoms with E-state index < -0.39 is 11.4 Å². The molecular weight excluding hydrogens is 348 g/mol. The second-order valence-corrected chi connectivity index (χ2v) is 7.09. The Bertz CT molecular complexity index is 842. The molecule has 8 nitrogen and oxygen atoms in total. The van der Waals surface area contributed by atoms with Crippen molar-refractivity contribution < 1.29 is 19.4 Å². The van der Waals surface area contributed by atoms with Crippen molar-refractivity contribution in [3.05, 3.63) is 41.3 Å². The van der Waals surface area contributed by atoms with Gasteiger partial charge in [0, 0.05) is 32.1 Å². The second kappa shape index (κ2) is 7.48. The molecule has 1 amide bonds. The van der Waals surface area contributed by atoms with E-state index in [0.717, 1.165) is 11.4 Å². The number of likely N-dealkylation sites (tertiary alicyclic amines) is 1. The summed E-state index contributed by atoms with van der Waals surface area (Å²) in [7, 11) is 1.48. The molecule has 1 fully saturated rings. The number of ether oxygens (including phenoxy) is 1. The van der Waals surface area contributed by atoms with Gasteiger partial charge in [-0.15, -0.1) is 0 Å². The molecule has 0 spiro atoms. The molecule has 8 heteroatoms. The lowest BCUT2D eigenvalue weighted by Crippen LogP contribution is -2.52. The van der Waals surface area contributed by atoms with Crippen molar-refractivity contribution in [2.24, 2.45) is 5.41 Å². The van der Waals surface area contributed by atoms with Crippen molar-refractivity contribution in [1.82, 2.24) is 19.7 Å². The summed E-state index contributed by atoms with van der Waals surface area (Å²) in [5.74, 6) is -0.515. The number of hydrogen-bond acceptors (Lipinski definition) is 5. The molecule has 1 N–H and O–H groups in total. The highest BCUT2D eigenvalue weighted by molar-refractivity contribution is 5.94. The number of carbonyl (C=O) groups excluding carboxylic acids is 1. The molecule has 1 atom stereocenters. The lowest BCUT2D eigenvalue weighted by Gasteiger charge is -2.39. The van der Waals surface area contributed by atoms with Crippen molar-refractivity contribution in [2.45, 2.75) is 26.7 Å². The van der Waals surface area contributed by atoms with Crippen molar-refractivity contribution >= 4 is 11.9 Å². The van der Waals surface area contributed by atoms with Gasteiger partial charge in [-0.1, -0.05) is 0 Å². The smallest absolute Gasteiger partial charge is 0.313 e. The van der Waals surface area contributed by atoms with Crippen LogP contribution in [0, 0.1) is 19.3 Å². The molecule has 0 aromatic carbocycles. The maximum atomic E-state index is 12.9. The number of piperidine rings is 1. The van der Waals surface area contributed by atoms with E-state index in [1.807, 2.05) is 19.9 Å². The summed E-state index contributed by atoms with van der Waals surface area (Å²) in [5.41, 5.74) is 1.23. The fourth-order valence-corrected chi connectivity index (χ4v) is 3.62. The van der Waals surface area contributed by atoms with Crippen LogP contribution in [0.1, 0.15) is 34.6 Å². The third-order valence-electron chi connectivity index (χ3n) is 4.96. The first-order chi connectivity index (χ1) is 12.9. The fourth-order valence-electron chi connectivity index (χ4n) is 3.62. The summed E-state index contributed by atoms with van der Waals surface area (Å²) in [5, 5.41) is 14.0. The molecule has 144 valence electrons. The summed E-state index contributed by atoms with van der Waals surface area (Å²) in [6.45, 7) is 4.59. The molecule has 27 heavy (non-hydrogen) atoms. The molecule has 0 bridgehead atoms. The minimum absolute atomic E-state index is 0.0846. The number of rotatable bonds is 5. The molecule has 2 aromatic heterocycles. The van der Waals surface area contributed by atoms with Crippen LogP contribution >= 0.6 is 0 Å². The lowest BCUT2D eigenvalue weighted by atomic mass is 9.80. The van der Waals surface area contributed by atoms with Gasteiger partial charge in [0.2, 0.25) is 0 Å². The zero-order valence-electron chi connectivity index (χ0n) is 15.8. The second-order valence-electron chi connectivity index (χ2n) is 7.09.